The Hall–Kier alpha value is -0.553. The van der Waals surface area contributed by atoms with E-state index in [-0.39, 0.29) is 19.3 Å². The van der Waals surface area contributed by atoms with Crippen molar-refractivity contribution in [1.82, 2.24) is 0 Å². The van der Waals surface area contributed by atoms with Crippen molar-refractivity contribution in [3.63, 3.8) is 0 Å². The zero-order valence-corrected chi connectivity index (χ0v) is 23.2. The van der Waals surface area contributed by atoms with Crippen molar-refractivity contribution < 1.29 is 37.6 Å². The topological polar surface area (TPSA) is 81.7 Å². The van der Waals surface area contributed by atoms with E-state index in [0.717, 1.165) is 0 Å². The Bertz CT molecular complexity index is 697. The largest absolute Gasteiger partial charge is 0.452 e. The molecule has 0 N–H and O–H groups in total. The molecule has 5 atom stereocenters. The van der Waals surface area contributed by atoms with Gasteiger partial charge in [-0.3, -0.25) is 0 Å². The van der Waals surface area contributed by atoms with Crippen LogP contribution in [-0.2, 0) is 37.6 Å². The van der Waals surface area contributed by atoms with E-state index < -0.39 is 50.0 Å². The number of esters is 1. The van der Waals surface area contributed by atoms with E-state index in [1.165, 1.54) is 0 Å². The van der Waals surface area contributed by atoms with E-state index in [0.29, 0.717) is 16.6 Å². The Kier molecular flexibility index (Phi) is 7.50. The fourth-order valence-corrected chi connectivity index (χ4v) is 11.4. The summed E-state index contributed by atoms with van der Waals surface area (Å²) < 4.78 is 43.0. The van der Waals surface area contributed by atoms with Crippen LogP contribution in [0.1, 0.15) is 76.2 Å². The maximum Gasteiger partial charge on any atom is 0.334 e. The predicted molar refractivity (Wildman–Crippen MR) is 125 cm³/mol. The molecule has 0 radical (unpaired) electrons. The lowest BCUT2D eigenvalue weighted by Gasteiger charge is -2.45. The van der Waals surface area contributed by atoms with Crippen molar-refractivity contribution in [2.75, 3.05) is 13.2 Å². The Morgan fingerprint density at radius 2 is 1.45 bits per heavy atom. The summed E-state index contributed by atoms with van der Waals surface area (Å²) in [6, 6.07) is 0. The second-order valence-corrected chi connectivity index (χ2v) is 16.9. The number of carbonyl (C=O) groups excluding carboxylic acids is 1. The molecule has 8 nitrogen and oxygen atoms in total. The zero-order chi connectivity index (χ0) is 25.0. The number of rotatable bonds is 7. The molecule has 3 heterocycles. The van der Waals surface area contributed by atoms with Gasteiger partial charge in [-0.2, -0.15) is 0 Å². The van der Waals surface area contributed by atoms with Gasteiger partial charge in [0.2, 0.25) is 14.1 Å². The first-order valence-electron chi connectivity index (χ1n) is 12.3. The van der Waals surface area contributed by atoms with Crippen molar-refractivity contribution in [2.45, 2.75) is 135 Å². The van der Waals surface area contributed by atoms with Crippen molar-refractivity contribution in [2.24, 2.45) is 0 Å². The third-order valence-electron chi connectivity index (χ3n) is 7.15. The maximum absolute atomic E-state index is 13.4. The SMILES string of the molecule is CC(C)[Si](O[C@H](C)C(=O)O[C@H]1[C@@H]2OC(C)(C)O[C@@H]2CO[C@]12COC(C)(C)O2)(C(C)C)C(C)C. The zero-order valence-electron chi connectivity index (χ0n) is 22.2. The molecule has 3 aliphatic heterocycles. The molecular formula is C24H44O8Si. The molecule has 192 valence electrons. The van der Waals surface area contributed by atoms with Crippen LogP contribution in [0.3, 0.4) is 0 Å². The molecule has 0 unspecified atom stereocenters. The molecule has 0 amide bonds. The van der Waals surface area contributed by atoms with E-state index in [1.807, 2.05) is 27.7 Å². The molecule has 0 aliphatic carbocycles. The summed E-state index contributed by atoms with van der Waals surface area (Å²) in [6.45, 7) is 22.6. The van der Waals surface area contributed by atoms with Gasteiger partial charge in [-0.05, 0) is 51.2 Å². The average molecular weight is 489 g/mol. The molecule has 3 rings (SSSR count). The smallest absolute Gasteiger partial charge is 0.334 e. The predicted octanol–water partition coefficient (Wildman–Crippen LogP) is 4.51. The molecule has 0 aromatic rings. The Labute approximate surface area is 200 Å². The van der Waals surface area contributed by atoms with Crippen LogP contribution < -0.4 is 0 Å². The van der Waals surface area contributed by atoms with Crippen molar-refractivity contribution in [3.8, 4) is 0 Å². The minimum Gasteiger partial charge on any atom is -0.452 e. The summed E-state index contributed by atoms with van der Waals surface area (Å²) in [5.74, 6) is -3.40. The van der Waals surface area contributed by atoms with Crippen LogP contribution in [-0.4, -0.2) is 69.3 Å². The lowest BCUT2D eigenvalue weighted by Crippen LogP contribution is -2.63. The first-order valence-corrected chi connectivity index (χ1v) is 14.4. The highest BCUT2D eigenvalue weighted by Gasteiger charge is 2.64. The lowest BCUT2D eigenvalue weighted by molar-refractivity contribution is -0.329. The van der Waals surface area contributed by atoms with Crippen LogP contribution in [0, 0.1) is 0 Å². The normalized spacial score (nSPS) is 34.3. The molecule has 3 fully saturated rings. The summed E-state index contributed by atoms with van der Waals surface area (Å²) in [6.07, 6.45) is -2.49. The van der Waals surface area contributed by atoms with E-state index >= 15 is 0 Å². The van der Waals surface area contributed by atoms with Gasteiger partial charge in [-0.1, -0.05) is 41.5 Å². The highest BCUT2D eigenvalue weighted by atomic mass is 28.4. The molecule has 3 aliphatic rings. The summed E-state index contributed by atoms with van der Waals surface area (Å²) in [5, 5.41) is 0. The van der Waals surface area contributed by atoms with Gasteiger partial charge in [0.1, 0.15) is 24.9 Å². The standard InChI is InChI=1S/C24H44O8Si/c1-14(2)33(15(3)4,16(5)6)31-17(7)21(25)28-20-19-18(29-23(10,11)30-19)12-26-24(20)13-27-22(8,9)32-24/h14-20H,12-13H2,1-11H3/t17-,18-,19-,20+,24+/m1/s1. The van der Waals surface area contributed by atoms with Crippen LogP contribution in [0.5, 0.6) is 0 Å². The average Bonchev–Trinajstić information content (AvgIpc) is 3.16. The van der Waals surface area contributed by atoms with Gasteiger partial charge in [0, 0.05) is 0 Å². The van der Waals surface area contributed by atoms with Crippen LogP contribution in [0.15, 0.2) is 0 Å². The van der Waals surface area contributed by atoms with Gasteiger partial charge in [0.25, 0.3) is 0 Å². The first-order chi connectivity index (χ1) is 15.1. The monoisotopic (exact) mass is 488 g/mol. The highest BCUT2D eigenvalue weighted by molar-refractivity contribution is 6.77. The van der Waals surface area contributed by atoms with E-state index in [9.17, 15) is 4.79 Å². The van der Waals surface area contributed by atoms with Gasteiger partial charge in [0.15, 0.2) is 17.7 Å². The molecular weight excluding hydrogens is 444 g/mol. The fraction of sp³-hybridized carbons (Fsp3) is 0.958. The molecule has 9 heteroatoms. The summed E-state index contributed by atoms with van der Waals surface area (Å²) in [7, 11) is -2.28. The quantitative estimate of drug-likeness (QED) is 0.382. The molecule has 0 saturated carbocycles. The Balaban J connectivity index is 1.85. The molecule has 1 spiro atoms. The first kappa shape index (κ1) is 27.0. The number of carbonyl (C=O) groups is 1. The number of hydrogen-bond donors (Lipinski definition) is 0. The number of hydrogen-bond acceptors (Lipinski definition) is 8. The fourth-order valence-electron chi connectivity index (χ4n) is 5.91. The van der Waals surface area contributed by atoms with Gasteiger partial charge < -0.3 is 32.8 Å². The molecule has 0 aromatic heterocycles. The summed E-state index contributed by atoms with van der Waals surface area (Å²) in [4.78, 5) is 13.4. The minimum atomic E-state index is -2.28. The maximum atomic E-state index is 13.4. The molecule has 0 aromatic carbocycles. The Morgan fingerprint density at radius 3 is 1.94 bits per heavy atom. The van der Waals surface area contributed by atoms with Crippen LogP contribution in [0.25, 0.3) is 0 Å². The summed E-state index contributed by atoms with van der Waals surface area (Å²) >= 11 is 0. The van der Waals surface area contributed by atoms with Gasteiger partial charge in [-0.25, -0.2) is 4.79 Å². The molecule has 3 saturated heterocycles. The highest BCUT2D eigenvalue weighted by Crippen LogP contribution is 2.46. The van der Waals surface area contributed by atoms with Crippen LogP contribution >= 0.6 is 0 Å². The van der Waals surface area contributed by atoms with Gasteiger partial charge in [-0.15, -0.1) is 0 Å². The van der Waals surface area contributed by atoms with Crippen molar-refractivity contribution in [3.05, 3.63) is 0 Å². The van der Waals surface area contributed by atoms with Crippen molar-refractivity contribution >= 4 is 14.3 Å². The summed E-state index contributed by atoms with van der Waals surface area (Å²) in [5.41, 5.74) is 1.05. The number of fused-ring (bicyclic) bond motifs is 1. The minimum absolute atomic E-state index is 0.128. The third kappa shape index (κ3) is 5.05. The van der Waals surface area contributed by atoms with Crippen LogP contribution in [0.4, 0.5) is 0 Å². The second-order valence-electron chi connectivity index (χ2n) is 11.5. The molecule has 33 heavy (non-hydrogen) atoms. The van der Waals surface area contributed by atoms with Crippen molar-refractivity contribution in [1.29, 1.82) is 0 Å². The van der Waals surface area contributed by atoms with E-state index in [1.54, 1.807) is 6.92 Å². The lowest BCUT2D eigenvalue weighted by atomic mass is 9.97. The van der Waals surface area contributed by atoms with Crippen LogP contribution in [0.2, 0.25) is 16.6 Å². The Morgan fingerprint density at radius 1 is 0.879 bits per heavy atom. The third-order valence-corrected chi connectivity index (χ3v) is 13.3. The van der Waals surface area contributed by atoms with Gasteiger partial charge in [0.05, 0.1) is 6.61 Å². The second kappa shape index (κ2) is 9.15. The van der Waals surface area contributed by atoms with E-state index in [4.69, 9.17) is 32.8 Å². The number of ether oxygens (including phenoxy) is 6. The van der Waals surface area contributed by atoms with Gasteiger partial charge >= 0.3 is 5.97 Å². The molecule has 0 bridgehead atoms. The van der Waals surface area contributed by atoms with E-state index in [2.05, 4.69) is 41.5 Å².